The standard InChI is InChI=1S/C8H7NO/c10-6-9-4-7-2-1-3-8(7)5-9/h1-4,6H,5H2. The van der Waals surface area contributed by atoms with Crippen LogP contribution >= 0.6 is 0 Å². The molecule has 0 spiro atoms. The molecule has 0 unspecified atom stereocenters. The molecule has 0 radical (unpaired) electrons. The number of carbonyl (C=O) groups is 1. The van der Waals surface area contributed by atoms with Crippen molar-refractivity contribution in [3.8, 4) is 0 Å². The Morgan fingerprint density at radius 1 is 1.60 bits per heavy atom. The molecule has 0 bridgehead atoms. The van der Waals surface area contributed by atoms with E-state index in [9.17, 15) is 4.79 Å². The molecule has 2 rings (SSSR count). The molecule has 0 saturated heterocycles. The highest BCUT2D eigenvalue weighted by atomic mass is 16.1. The zero-order chi connectivity index (χ0) is 6.97. The minimum atomic E-state index is 0.742. The summed E-state index contributed by atoms with van der Waals surface area (Å²) >= 11 is 0. The Bertz CT molecular complexity index is 260. The van der Waals surface area contributed by atoms with Crippen LogP contribution in [0.15, 0.2) is 35.6 Å². The molecule has 0 aromatic rings. The molecule has 2 heteroatoms. The highest BCUT2D eigenvalue weighted by Crippen LogP contribution is 2.24. The average molecular weight is 133 g/mol. The summed E-state index contributed by atoms with van der Waals surface area (Å²) in [6.07, 6.45) is 8.76. The van der Waals surface area contributed by atoms with Gasteiger partial charge in [-0.05, 0) is 11.1 Å². The monoisotopic (exact) mass is 133 g/mol. The summed E-state index contributed by atoms with van der Waals surface area (Å²) in [6.45, 7) is 0.742. The number of amides is 1. The zero-order valence-corrected chi connectivity index (χ0v) is 5.45. The van der Waals surface area contributed by atoms with Crippen LogP contribution in [0.1, 0.15) is 0 Å². The van der Waals surface area contributed by atoms with Crippen molar-refractivity contribution in [2.45, 2.75) is 0 Å². The SMILES string of the molecule is O=CN1C=C2C=CC=C2C1. The second-order valence-corrected chi connectivity index (χ2v) is 2.41. The molecule has 0 aromatic carbocycles. The summed E-state index contributed by atoms with van der Waals surface area (Å²) in [5, 5.41) is 0. The van der Waals surface area contributed by atoms with Crippen molar-refractivity contribution < 1.29 is 4.79 Å². The summed E-state index contributed by atoms with van der Waals surface area (Å²) in [5.41, 5.74) is 2.42. The average Bonchev–Trinajstić information content (AvgIpc) is 2.42. The Hall–Kier alpha value is -1.31. The van der Waals surface area contributed by atoms with Gasteiger partial charge in [-0.25, -0.2) is 0 Å². The lowest BCUT2D eigenvalue weighted by Crippen LogP contribution is -2.11. The third kappa shape index (κ3) is 0.620. The van der Waals surface area contributed by atoms with Crippen LogP contribution in [0.5, 0.6) is 0 Å². The Balaban J connectivity index is 2.32. The lowest BCUT2D eigenvalue weighted by molar-refractivity contribution is -0.115. The summed E-state index contributed by atoms with van der Waals surface area (Å²) < 4.78 is 0. The first kappa shape index (κ1) is 5.47. The molecular weight excluding hydrogens is 126 g/mol. The van der Waals surface area contributed by atoms with E-state index in [4.69, 9.17) is 0 Å². The highest BCUT2D eigenvalue weighted by molar-refractivity contribution is 5.60. The molecule has 2 nitrogen and oxygen atoms in total. The van der Waals surface area contributed by atoms with Crippen LogP contribution in [0.25, 0.3) is 0 Å². The fourth-order valence-corrected chi connectivity index (χ4v) is 1.23. The summed E-state index contributed by atoms with van der Waals surface area (Å²) in [4.78, 5) is 11.9. The van der Waals surface area contributed by atoms with Crippen molar-refractivity contribution in [1.82, 2.24) is 4.90 Å². The highest BCUT2D eigenvalue weighted by Gasteiger charge is 2.16. The van der Waals surface area contributed by atoms with Gasteiger partial charge in [0.05, 0.1) is 6.54 Å². The second kappa shape index (κ2) is 1.84. The van der Waals surface area contributed by atoms with E-state index in [1.165, 1.54) is 11.1 Å². The lowest BCUT2D eigenvalue weighted by Gasteiger charge is -2.01. The van der Waals surface area contributed by atoms with Crippen LogP contribution in [0.3, 0.4) is 0 Å². The van der Waals surface area contributed by atoms with Gasteiger partial charge in [0.2, 0.25) is 6.41 Å². The zero-order valence-electron chi connectivity index (χ0n) is 5.45. The van der Waals surface area contributed by atoms with Crippen molar-refractivity contribution in [3.63, 3.8) is 0 Å². The van der Waals surface area contributed by atoms with Crippen molar-refractivity contribution in [2.75, 3.05) is 6.54 Å². The van der Waals surface area contributed by atoms with E-state index in [2.05, 4.69) is 0 Å². The molecule has 1 aliphatic carbocycles. The Labute approximate surface area is 59.1 Å². The fraction of sp³-hybridized carbons (Fsp3) is 0.125. The second-order valence-electron chi connectivity index (χ2n) is 2.41. The number of hydrogen-bond acceptors (Lipinski definition) is 1. The van der Waals surface area contributed by atoms with Gasteiger partial charge < -0.3 is 4.90 Å². The molecule has 0 atom stereocenters. The molecular formula is C8H7NO. The third-order valence-corrected chi connectivity index (χ3v) is 1.74. The van der Waals surface area contributed by atoms with Crippen molar-refractivity contribution in [2.24, 2.45) is 0 Å². The number of allylic oxidation sites excluding steroid dienone is 3. The first-order valence-electron chi connectivity index (χ1n) is 3.20. The number of hydrogen-bond donors (Lipinski definition) is 0. The molecule has 1 heterocycles. The molecule has 50 valence electrons. The van der Waals surface area contributed by atoms with E-state index >= 15 is 0 Å². The van der Waals surface area contributed by atoms with Crippen molar-refractivity contribution in [3.05, 3.63) is 35.6 Å². The number of carbonyl (C=O) groups excluding carboxylic acids is 1. The number of rotatable bonds is 1. The first-order chi connectivity index (χ1) is 4.90. The topological polar surface area (TPSA) is 20.3 Å². The predicted molar refractivity (Wildman–Crippen MR) is 38.1 cm³/mol. The van der Waals surface area contributed by atoms with E-state index in [1.807, 2.05) is 24.4 Å². The van der Waals surface area contributed by atoms with Gasteiger partial charge in [0, 0.05) is 6.20 Å². The van der Waals surface area contributed by atoms with Gasteiger partial charge in [0.1, 0.15) is 0 Å². The number of fused-ring (bicyclic) bond motifs is 1. The van der Waals surface area contributed by atoms with Crippen LogP contribution < -0.4 is 0 Å². The quantitative estimate of drug-likeness (QED) is 0.485. The maximum absolute atomic E-state index is 10.3. The van der Waals surface area contributed by atoms with E-state index in [0.29, 0.717) is 0 Å². The van der Waals surface area contributed by atoms with E-state index in [0.717, 1.165) is 13.0 Å². The van der Waals surface area contributed by atoms with Crippen molar-refractivity contribution >= 4 is 6.41 Å². The van der Waals surface area contributed by atoms with Crippen LogP contribution in [0.4, 0.5) is 0 Å². The molecule has 0 aromatic heterocycles. The molecule has 1 amide bonds. The lowest BCUT2D eigenvalue weighted by atomic mass is 10.2. The van der Waals surface area contributed by atoms with Crippen LogP contribution in [0.2, 0.25) is 0 Å². The van der Waals surface area contributed by atoms with Gasteiger partial charge in [-0.2, -0.15) is 0 Å². The summed E-state index contributed by atoms with van der Waals surface area (Å²) in [5.74, 6) is 0. The van der Waals surface area contributed by atoms with Gasteiger partial charge >= 0.3 is 0 Å². The van der Waals surface area contributed by atoms with Crippen LogP contribution in [-0.2, 0) is 4.79 Å². The molecule has 1 aliphatic heterocycles. The molecule has 10 heavy (non-hydrogen) atoms. The minimum Gasteiger partial charge on any atom is -0.317 e. The Morgan fingerprint density at radius 2 is 2.50 bits per heavy atom. The van der Waals surface area contributed by atoms with Gasteiger partial charge in [0.15, 0.2) is 0 Å². The molecule has 0 N–H and O–H groups in total. The van der Waals surface area contributed by atoms with E-state index in [-0.39, 0.29) is 0 Å². The minimum absolute atomic E-state index is 0.742. The van der Waals surface area contributed by atoms with E-state index in [1.54, 1.807) is 4.90 Å². The predicted octanol–water partition coefficient (Wildman–Crippen LogP) is 0.839. The Morgan fingerprint density at radius 3 is 3.20 bits per heavy atom. The largest absolute Gasteiger partial charge is 0.317 e. The molecule has 0 saturated carbocycles. The van der Waals surface area contributed by atoms with Gasteiger partial charge in [0.25, 0.3) is 0 Å². The number of nitrogens with zero attached hydrogens (tertiary/aromatic N) is 1. The maximum atomic E-state index is 10.3. The van der Waals surface area contributed by atoms with Gasteiger partial charge in [-0.3, -0.25) is 4.79 Å². The van der Waals surface area contributed by atoms with Crippen LogP contribution in [-0.4, -0.2) is 17.9 Å². The smallest absolute Gasteiger partial charge is 0.213 e. The summed E-state index contributed by atoms with van der Waals surface area (Å²) in [7, 11) is 0. The van der Waals surface area contributed by atoms with Gasteiger partial charge in [-0.1, -0.05) is 18.2 Å². The van der Waals surface area contributed by atoms with Crippen LogP contribution in [0, 0.1) is 0 Å². The normalized spacial score (nSPS) is 20.6. The van der Waals surface area contributed by atoms with Gasteiger partial charge in [-0.15, -0.1) is 0 Å². The molecule has 2 aliphatic rings. The Kier molecular flexibility index (Phi) is 1.01. The first-order valence-corrected chi connectivity index (χ1v) is 3.20. The molecule has 0 fully saturated rings. The fourth-order valence-electron chi connectivity index (χ4n) is 1.23. The van der Waals surface area contributed by atoms with E-state index < -0.39 is 0 Å². The third-order valence-electron chi connectivity index (χ3n) is 1.74. The van der Waals surface area contributed by atoms with Crippen molar-refractivity contribution in [1.29, 1.82) is 0 Å². The summed E-state index contributed by atoms with van der Waals surface area (Å²) in [6, 6.07) is 0. The maximum Gasteiger partial charge on any atom is 0.213 e.